The number of carbonyl (C=O) groups is 2. The van der Waals surface area contributed by atoms with Gasteiger partial charge in [-0.1, -0.05) is 34.6 Å². The van der Waals surface area contributed by atoms with Crippen molar-refractivity contribution in [1.82, 2.24) is 10.2 Å². The van der Waals surface area contributed by atoms with Crippen LogP contribution in [0.5, 0.6) is 0 Å². The van der Waals surface area contributed by atoms with Crippen molar-refractivity contribution in [3.8, 4) is 0 Å². The average molecular weight is 308 g/mol. The second kappa shape index (κ2) is 8.47. The van der Waals surface area contributed by atoms with Crippen molar-refractivity contribution >= 4 is 24.2 Å². The van der Waals surface area contributed by atoms with E-state index in [0.717, 1.165) is 0 Å². The Bertz CT molecular complexity index is 325. The maximum atomic E-state index is 11.9. The predicted octanol–water partition coefficient (Wildman–Crippen LogP) is 1.40. The number of amides is 2. The monoisotopic (exact) mass is 307 g/mol. The van der Waals surface area contributed by atoms with Crippen LogP contribution in [0.4, 0.5) is 0 Å². The number of likely N-dealkylation sites (N-methyl/N-ethyl adjacent to an activating group) is 1. The summed E-state index contributed by atoms with van der Waals surface area (Å²) < 4.78 is 0. The molecule has 0 aromatic carbocycles. The van der Waals surface area contributed by atoms with Crippen LogP contribution in [0.1, 0.15) is 41.0 Å². The van der Waals surface area contributed by atoms with E-state index in [4.69, 9.17) is 5.73 Å². The first-order chi connectivity index (χ1) is 8.47. The number of halogens is 1. The maximum Gasteiger partial charge on any atom is 0.241 e. The van der Waals surface area contributed by atoms with Crippen molar-refractivity contribution < 1.29 is 9.59 Å². The van der Waals surface area contributed by atoms with Crippen molar-refractivity contribution in [2.45, 2.75) is 41.0 Å². The van der Waals surface area contributed by atoms with Gasteiger partial charge in [-0.15, -0.1) is 12.4 Å². The molecule has 6 heteroatoms. The fraction of sp³-hybridized carbons (Fsp3) is 0.857. The minimum atomic E-state index is -0.111. The van der Waals surface area contributed by atoms with E-state index in [2.05, 4.69) is 5.32 Å². The van der Waals surface area contributed by atoms with Gasteiger partial charge < -0.3 is 16.0 Å². The number of hydrogen-bond donors (Lipinski definition) is 2. The van der Waals surface area contributed by atoms with E-state index < -0.39 is 0 Å². The number of nitrogens with one attached hydrogen (secondary N) is 1. The first kappa shape index (κ1) is 21.5. The first-order valence-corrected chi connectivity index (χ1v) is 6.67. The summed E-state index contributed by atoms with van der Waals surface area (Å²) in [5.74, 6) is -0.184. The van der Waals surface area contributed by atoms with E-state index in [0.29, 0.717) is 19.5 Å². The summed E-state index contributed by atoms with van der Waals surface area (Å²) in [6.07, 6.45) is 0.415. The van der Waals surface area contributed by atoms with Crippen LogP contribution in [0.3, 0.4) is 0 Å². The van der Waals surface area contributed by atoms with Crippen molar-refractivity contribution in [2.24, 2.45) is 16.6 Å². The Hall–Kier alpha value is -0.810. The SMILES string of the molecule is CN(CC(C)(C)CN)C(=O)CNC(=O)CC(C)(C)C.Cl. The molecule has 0 heterocycles. The quantitative estimate of drug-likeness (QED) is 0.779. The summed E-state index contributed by atoms with van der Waals surface area (Å²) in [6.45, 7) is 11.1. The molecule has 5 nitrogen and oxygen atoms in total. The summed E-state index contributed by atoms with van der Waals surface area (Å²) in [7, 11) is 1.73. The predicted molar refractivity (Wildman–Crippen MR) is 84.8 cm³/mol. The van der Waals surface area contributed by atoms with Crippen molar-refractivity contribution in [3.63, 3.8) is 0 Å². The molecule has 0 unspecified atom stereocenters. The Morgan fingerprint density at radius 3 is 2.05 bits per heavy atom. The number of nitrogens with two attached hydrogens (primary N) is 1. The van der Waals surface area contributed by atoms with Crippen LogP contribution in [-0.4, -0.2) is 43.4 Å². The van der Waals surface area contributed by atoms with Gasteiger partial charge in [0.2, 0.25) is 11.8 Å². The first-order valence-electron chi connectivity index (χ1n) is 6.67. The zero-order chi connectivity index (χ0) is 15.3. The lowest BCUT2D eigenvalue weighted by molar-refractivity contribution is -0.133. The lowest BCUT2D eigenvalue weighted by Gasteiger charge is -2.29. The van der Waals surface area contributed by atoms with Crippen LogP contribution < -0.4 is 11.1 Å². The molecular formula is C14H30ClN3O2. The second-order valence-corrected chi connectivity index (χ2v) is 7.13. The molecule has 0 aliphatic carbocycles. The van der Waals surface area contributed by atoms with Gasteiger partial charge in [0.1, 0.15) is 0 Å². The van der Waals surface area contributed by atoms with Gasteiger partial charge in [-0.2, -0.15) is 0 Å². The molecule has 0 aromatic heterocycles. The third-order valence-corrected chi connectivity index (χ3v) is 2.77. The minimum Gasteiger partial charge on any atom is -0.347 e. The number of carbonyl (C=O) groups excluding carboxylic acids is 2. The van der Waals surface area contributed by atoms with Gasteiger partial charge in [0.15, 0.2) is 0 Å². The van der Waals surface area contributed by atoms with Gasteiger partial charge in [0.25, 0.3) is 0 Å². The molecule has 0 atom stereocenters. The molecule has 0 bridgehead atoms. The molecule has 0 fully saturated rings. The number of hydrogen-bond acceptors (Lipinski definition) is 3. The second-order valence-electron chi connectivity index (χ2n) is 7.13. The highest BCUT2D eigenvalue weighted by Crippen LogP contribution is 2.17. The zero-order valence-corrected chi connectivity index (χ0v) is 14.4. The molecule has 20 heavy (non-hydrogen) atoms. The van der Waals surface area contributed by atoms with Crippen LogP contribution >= 0.6 is 12.4 Å². The molecule has 0 aliphatic heterocycles. The van der Waals surface area contributed by atoms with Crippen molar-refractivity contribution in [1.29, 1.82) is 0 Å². The molecule has 3 N–H and O–H groups in total. The summed E-state index contributed by atoms with van der Waals surface area (Å²) >= 11 is 0. The Morgan fingerprint density at radius 2 is 1.65 bits per heavy atom. The van der Waals surface area contributed by atoms with Crippen LogP contribution in [0, 0.1) is 10.8 Å². The molecule has 120 valence electrons. The Labute approximate surface area is 129 Å². The molecule has 0 saturated carbocycles. The molecule has 0 rings (SSSR count). The average Bonchev–Trinajstić information content (AvgIpc) is 2.22. The van der Waals surface area contributed by atoms with Gasteiger partial charge in [0.05, 0.1) is 6.54 Å². The van der Waals surface area contributed by atoms with Crippen molar-refractivity contribution in [2.75, 3.05) is 26.7 Å². The Kier molecular flexibility index (Phi) is 9.10. The van der Waals surface area contributed by atoms with Gasteiger partial charge in [-0.3, -0.25) is 9.59 Å². The minimum absolute atomic E-state index is 0. The normalized spacial score (nSPS) is 11.6. The molecule has 2 amide bonds. The lowest BCUT2D eigenvalue weighted by atomic mass is 9.92. The fourth-order valence-corrected chi connectivity index (χ4v) is 1.65. The van der Waals surface area contributed by atoms with E-state index >= 15 is 0 Å². The molecule has 0 aromatic rings. The van der Waals surface area contributed by atoms with Crippen LogP contribution in [0.25, 0.3) is 0 Å². The molecular weight excluding hydrogens is 278 g/mol. The molecule has 0 saturated heterocycles. The van der Waals surface area contributed by atoms with E-state index in [9.17, 15) is 9.59 Å². The molecule has 0 aliphatic rings. The van der Waals surface area contributed by atoms with E-state index in [1.54, 1.807) is 11.9 Å². The van der Waals surface area contributed by atoms with Crippen LogP contribution in [-0.2, 0) is 9.59 Å². The van der Waals surface area contributed by atoms with Crippen molar-refractivity contribution in [3.05, 3.63) is 0 Å². The number of rotatable bonds is 6. The van der Waals surface area contributed by atoms with E-state index in [1.165, 1.54) is 0 Å². The smallest absolute Gasteiger partial charge is 0.241 e. The zero-order valence-electron chi connectivity index (χ0n) is 13.6. The Morgan fingerprint density at radius 1 is 1.15 bits per heavy atom. The maximum absolute atomic E-state index is 11.9. The standard InChI is InChI=1S/C14H29N3O2.ClH/c1-13(2,3)7-11(18)16-8-12(19)17(6)10-14(4,5)9-15;/h7-10,15H2,1-6H3,(H,16,18);1H. The van der Waals surface area contributed by atoms with Gasteiger partial charge in [-0.25, -0.2) is 0 Å². The van der Waals surface area contributed by atoms with Gasteiger partial charge >= 0.3 is 0 Å². The Balaban J connectivity index is 0. The van der Waals surface area contributed by atoms with E-state index in [-0.39, 0.29) is 41.6 Å². The molecule has 0 spiro atoms. The lowest BCUT2D eigenvalue weighted by Crippen LogP contribution is -2.44. The largest absolute Gasteiger partial charge is 0.347 e. The van der Waals surface area contributed by atoms with Gasteiger partial charge in [-0.05, 0) is 17.4 Å². The summed E-state index contributed by atoms with van der Waals surface area (Å²) in [5.41, 5.74) is 5.46. The van der Waals surface area contributed by atoms with Crippen LogP contribution in [0.2, 0.25) is 0 Å². The number of nitrogens with zero attached hydrogens (tertiary/aromatic N) is 1. The third kappa shape index (κ3) is 10.0. The van der Waals surface area contributed by atoms with Crippen LogP contribution in [0.15, 0.2) is 0 Å². The summed E-state index contributed by atoms with van der Waals surface area (Å²) in [4.78, 5) is 25.1. The summed E-state index contributed by atoms with van der Waals surface area (Å²) in [6, 6.07) is 0. The highest BCUT2D eigenvalue weighted by molar-refractivity contribution is 5.85. The highest BCUT2D eigenvalue weighted by atomic mass is 35.5. The van der Waals surface area contributed by atoms with Gasteiger partial charge in [0, 0.05) is 20.0 Å². The fourth-order valence-electron chi connectivity index (χ4n) is 1.65. The highest BCUT2D eigenvalue weighted by Gasteiger charge is 2.22. The topological polar surface area (TPSA) is 75.4 Å². The van der Waals surface area contributed by atoms with E-state index in [1.807, 2.05) is 34.6 Å². The summed E-state index contributed by atoms with van der Waals surface area (Å²) in [5, 5.41) is 2.66. The third-order valence-electron chi connectivity index (χ3n) is 2.77. The molecule has 0 radical (unpaired) electrons.